The molecule has 0 aliphatic carbocycles. The first-order valence-electron chi connectivity index (χ1n) is 6.58. The summed E-state index contributed by atoms with van der Waals surface area (Å²) in [5, 5.41) is 9.29. The number of nitrogens with zero attached hydrogens (tertiary/aromatic N) is 2. The fourth-order valence-corrected chi connectivity index (χ4v) is 2.34. The lowest BCUT2D eigenvalue weighted by molar-refractivity contribution is -0.143. The molecule has 2 nitrogen and oxygen atoms in total. The number of alkyl halides is 3. The fraction of sp³-hybridized carbons (Fsp3) is 0.400. The third kappa shape index (κ3) is 2.79. The van der Waals surface area contributed by atoms with Gasteiger partial charge < -0.3 is 4.57 Å². The lowest BCUT2D eigenvalue weighted by atomic mass is 10.2. The molecule has 5 heteroatoms. The van der Waals surface area contributed by atoms with E-state index in [9.17, 15) is 13.2 Å². The molecule has 0 radical (unpaired) electrons. The maximum absolute atomic E-state index is 13.1. The summed E-state index contributed by atoms with van der Waals surface area (Å²) >= 11 is 0. The van der Waals surface area contributed by atoms with E-state index in [1.165, 1.54) is 10.6 Å². The molecular weight excluding hydrogens is 265 g/mol. The van der Waals surface area contributed by atoms with Gasteiger partial charge in [-0.15, -0.1) is 0 Å². The van der Waals surface area contributed by atoms with Crippen LogP contribution in [0.1, 0.15) is 37.4 Å². The summed E-state index contributed by atoms with van der Waals surface area (Å²) < 4.78 is 40.6. The van der Waals surface area contributed by atoms with Crippen LogP contribution in [-0.2, 0) is 12.7 Å². The molecule has 20 heavy (non-hydrogen) atoms. The van der Waals surface area contributed by atoms with Crippen LogP contribution < -0.4 is 0 Å². The van der Waals surface area contributed by atoms with Crippen molar-refractivity contribution in [2.45, 2.75) is 38.9 Å². The van der Waals surface area contributed by atoms with Gasteiger partial charge >= 0.3 is 6.18 Å². The molecule has 1 aromatic heterocycles. The summed E-state index contributed by atoms with van der Waals surface area (Å²) in [6.45, 7) is 2.36. The third-order valence-corrected chi connectivity index (χ3v) is 3.31. The minimum absolute atomic E-state index is 0.345. The molecule has 0 saturated heterocycles. The van der Waals surface area contributed by atoms with E-state index in [1.54, 1.807) is 12.1 Å². The van der Waals surface area contributed by atoms with Crippen molar-refractivity contribution in [3.63, 3.8) is 0 Å². The molecule has 0 aliphatic heterocycles. The van der Waals surface area contributed by atoms with E-state index < -0.39 is 11.9 Å². The molecule has 0 aliphatic rings. The van der Waals surface area contributed by atoms with Crippen LogP contribution in [0.4, 0.5) is 13.2 Å². The fourth-order valence-electron chi connectivity index (χ4n) is 2.34. The number of hydrogen-bond acceptors (Lipinski definition) is 1. The SMILES string of the molecule is CCCCCn1c(C(F)(F)F)cc2cc(C#N)ccc21. The van der Waals surface area contributed by atoms with Crippen LogP contribution in [-0.4, -0.2) is 4.57 Å². The van der Waals surface area contributed by atoms with Gasteiger partial charge in [0.2, 0.25) is 0 Å². The van der Waals surface area contributed by atoms with Gasteiger partial charge in [-0.3, -0.25) is 0 Å². The Morgan fingerprint density at radius 1 is 1.20 bits per heavy atom. The van der Waals surface area contributed by atoms with E-state index in [1.807, 2.05) is 13.0 Å². The molecule has 1 aromatic carbocycles. The zero-order valence-corrected chi connectivity index (χ0v) is 11.2. The van der Waals surface area contributed by atoms with Crippen LogP contribution >= 0.6 is 0 Å². The number of nitriles is 1. The van der Waals surface area contributed by atoms with Crippen LogP contribution in [0.3, 0.4) is 0 Å². The van der Waals surface area contributed by atoms with Crippen LogP contribution in [0.2, 0.25) is 0 Å². The van der Waals surface area contributed by atoms with Crippen LogP contribution in [0.25, 0.3) is 10.9 Å². The van der Waals surface area contributed by atoms with Gasteiger partial charge in [-0.05, 0) is 30.7 Å². The van der Waals surface area contributed by atoms with Crippen molar-refractivity contribution in [3.05, 3.63) is 35.5 Å². The number of rotatable bonds is 4. The summed E-state index contributed by atoms with van der Waals surface area (Å²) in [6, 6.07) is 7.72. The summed E-state index contributed by atoms with van der Waals surface area (Å²) in [5.41, 5.74) is 0.267. The van der Waals surface area contributed by atoms with Crippen molar-refractivity contribution < 1.29 is 13.2 Å². The van der Waals surface area contributed by atoms with Gasteiger partial charge in [-0.2, -0.15) is 18.4 Å². The van der Waals surface area contributed by atoms with Crippen molar-refractivity contribution in [3.8, 4) is 6.07 Å². The molecule has 0 N–H and O–H groups in total. The van der Waals surface area contributed by atoms with Gasteiger partial charge in [0.25, 0.3) is 0 Å². The Kier molecular flexibility index (Phi) is 4.03. The molecule has 2 aromatic rings. The molecule has 0 atom stereocenters. The minimum atomic E-state index is -4.38. The van der Waals surface area contributed by atoms with Gasteiger partial charge in [-0.1, -0.05) is 19.8 Å². The van der Waals surface area contributed by atoms with Gasteiger partial charge in [-0.25, -0.2) is 0 Å². The maximum atomic E-state index is 13.1. The van der Waals surface area contributed by atoms with E-state index in [-0.39, 0.29) is 0 Å². The van der Waals surface area contributed by atoms with Crippen molar-refractivity contribution in [1.29, 1.82) is 5.26 Å². The molecule has 0 spiro atoms. The predicted octanol–water partition coefficient (Wildman–Crippen LogP) is 4.72. The van der Waals surface area contributed by atoms with Crippen molar-refractivity contribution in [1.82, 2.24) is 4.57 Å². The quantitative estimate of drug-likeness (QED) is 0.745. The Balaban J connectivity index is 2.52. The Morgan fingerprint density at radius 2 is 1.95 bits per heavy atom. The largest absolute Gasteiger partial charge is 0.431 e. The van der Waals surface area contributed by atoms with Crippen LogP contribution in [0.5, 0.6) is 0 Å². The number of benzene rings is 1. The average Bonchev–Trinajstić information content (AvgIpc) is 2.77. The Bertz CT molecular complexity index is 647. The van der Waals surface area contributed by atoms with E-state index >= 15 is 0 Å². The van der Waals surface area contributed by atoms with E-state index in [2.05, 4.69) is 0 Å². The smallest absolute Gasteiger partial charge is 0.337 e. The van der Waals surface area contributed by atoms with Gasteiger partial charge in [0, 0.05) is 17.4 Å². The molecule has 0 bridgehead atoms. The first-order valence-corrected chi connectivity index (χ1v) is 6.58. The molecule has 0 fully saturated rings. The van der Waals surface area contributed by atoms with Crippen molar-refractivity contribution in [2.75, 3.05) is 0 Å². The first kappa shape index (κ1) is 14.4. The molecular formula is C15H15F3N2. The number of aromatic nitrogens is 1. The molecule has 0 unspecified atom stereocenters. The zero-order valence-electron chi connectivity index (χ0n) is 11.2. The van der Waals surface area contributed by atoms with Gasteiger partial charge in [0.05, 0.1) is 11.6 Å². The molecule has 0 amide bonds. The summed E-state index contributed by atoms with van der Waals surface area (Å²) in [7, 11) is 0. The van der Waals surface area contributed by atoms with E-state index in [0.717, 1.165) is 18.9 Å². The van der Waals surface area contributed by atoms with Gasteiger partial charge in [0.1, 0.15) is 5.69 Å². The molecule has 106 valence electrons. The van der Waals surface area contributed by atoms with E-state index in [4.69, 9.17) is 5.26 Å². The normalized spacial score (nSPS) is 11.8. The molecule has 2 rings (SSSR count). The minimum Gasteiger partial charge on any atom is -0.337 e. The molecule has 1 heterocycles. The van der Waals surface area contributed by atoms with Crippen LogP contribution in [0.15, 0.2) is 24.3 Å². The highest BCUT2D eigenvalue weighted by Gasteiger charge is 2.35. The summed E-state index contributed by atoms with van der Waals surface area (Å²) in [5.74, 6) is 0. The predicted molar refractivity (Wildman–Crippen MR) is 71.2 cm³/mol. The Morgan fingerprint density at radius 3 is 2.55 bits per heavy atom. The lowest BCUT2D eigenvalue weighted by Crippen LogP contribution is -2.13. The lowest BCUT2D eigenvalue weighted by Gasteiger charge is -2.12. The maximum Gasteiger partial charge on any atom is 0.431 e. The zero-order chi connectivity index (χ0) is 14.8. The number of fused-ring (bicyclic) bond motifs is 1. The number of halogens is 3. The second kappa shape index (κ2) is 5.58. The Labute approximate surface area is 115 Å². The molecule has 0 saturated carbocycles. The van der Waals surface area contributed by atoms with Crippen molar-refractivity contribution in [2.24, 2.45) is 0 Å². The van der Waals surface area contributed by atoms with E-state index in [0.29, 0.717) is 29.4 Å². The number of aryl methyl sites for hydroxylation is 1. The Hall–Kier alpha value is -1.96. The topological polar surface area (TPSA) is 28.7 Å². The highest BCUT2D eigenvalue weighted by molar-refractivity contribution is 5.83. The van der Waals surface area contributed by atoms with Gasteiger partial charge in [0.15, 0.2) is 0 Å². The second-order valence-electron chi connectivity index (χ2n) is 4.77. The first-order chi connectivity index (χ1) is 9.47. The second-order valence-corrected chi connectivity index (χ2v) is 4.77. The average molecular weight is 280 g/mol. The number of unbranched alkanes of at least 4 members (excludes halogenated alkanes) is 2. The highest BCUT2D eigenvalue weighted by atomic mass is 19.4. The van der Waals surface area contributed by atoms with Crippen LogP contribution in [0, 0.1) is 11.3 Å². The highest BCUT2D eigenvalue weighted by Crippen LogP contribution is 2.34. The summed E-state index contributed by atoms with van der Waals surface area (Å²) in [6.07, 6.45) is -1.81. The number of hydrogen-bond donors (Lipinski definition) is 0. The standard InChI is InChI=1S/C15H15F3N2/c1-2-3-4-7-20-13-6-5-11(10-19)8-12(13)9-14(20)15(16,17)18/h5-6,8-9H,2-4,7H2,1H3. The third-order valence-electron chi connectivity index (χ3n) is 3.31. The summed E-state index contributed by atoms with van der Waals surface area (Å²) in [4.78, 5) is 0. The van der Waals surface area contributed by atoms with Crippen molar-refractivity contribution >= 4 is 10.9 Å². The monoisotopic (exact) mass is 280 g/mol.